The van der Waals surface area contributed by atoms with Crippen LogP contribution in [-0.2, 0) is 4.74 Å². The molecule has 44 valence electrons. The highest BCUT2D eigenvalue weighted by Gasteiger charge is 2.15. The zero-order valence-corrected chi connectivity index (χ0v) is 4.20. The number of nitrogens with two attached hydrogens (primary N) is 1. The van der Waals surface area contributed by atoms with Crippen molar-refractivity contribution < 1.29 is 9.53 Å². The first-order valence-corrected chi connectivity index (χ1v) is 2.28. The Morgan fingerprint density at radius 2 is 2.75 bits per heavy atom. The second kappa shape index (κ2) is 1.92. The van der Waals surface area contributed by atoms with Crippen LogP contribution in [0.5, 0.6) is 0 Å². The van der Waals surface area contributed by atoms with E-state index in [1.54, 1.807) is 0 Å². The Labute approximate surface area is 46.3 Å². The molecule has 8 heavy (non-hydrogen) atoms. The molecule has 2 N–H and O–H groups in total. The minimum absolute atomic E-state index is 0.289. The Morgan fingerprint density at radius 3 is 3.00 bits per heavy atom. The summed E-state index contributed by atoms with van der Waals surface area (Å²) in [4.78, 5) is 13.5. The van der Waals surface area contributed by atoms with Gasteiger partial charge in [-0.2, -0.15) is 4.99 Å². The molecule has 0 spiro atoms. The summed E-state index contributed by atoms with van der Waals surface area (Å²) in [5.41, 5.74) is 5.13. The van der Waals surface area contributed by atoms with Crippen LogP contribution in [0.2, 0.25) is 0 Å². The molecule has 0 radical (unpaired) electrons. The minimum Gasteiger partial charge on any atom is -0.437 e. The molecule has 1 aliphatic heterocycles. The molecule has 0 bridgehead atoms. The van der Waals surface area contributed by atoms with Crippen molar-refractivity contribution in [3.8, 4) is 0 Å². The van der Waals surface area contributed by atoms with Gasteiger partial charge >= 0.3 is 6.09 Å². The fraction of sp³-hybridized carbons (Fsp3) is 0.500. The number of rotatable bonds is 1. The lowest BCUT2D eigenvalue weighted by molar-refractivity contribution is 0.152. The van der Waals surface area contributed by atoms with E-state index in [-0.39, 0.29) is 6.10 Å². The van der Waals surface area contributed by atoms with Crippen molar-refractivity contribution in [2.75, 3.05) is 6.54 Å². The maximum atomic E-state index is 10.1. The average Bonchev–Trinajstić information content (AvgIpc) is 2.14. The van der Waals surface area contributed by atoms with Crippen LogP contribution in [0.15, 0.2) is 4.99 Å². The number of ether oxygens (including phenoxy) is 1. The van der Waals surface area contributed by atoms with E-state index in [1.807, 2.05) is 0 Å². The van der Waals surface area contributed by atoms with E-state index in [0.717, 1.165) is 0 Å². The summed E-state index contributed by atoms with van der Waals surface area (Å²) in [5.74, 6) is 0. The second-order valence-electron chi connectivity index (χ2n) is 1.44. The quantitative estimate of drug-likeness (QED) is 0.501. The molecule has 1 aliphatic rings. The fourth-order valence-corrected chi connectivity index (χ4v) is 0.443. The fourth-order valence-electron chi connectivity index (χ4n) is 0.443. The van der Waals surface area contributed by atoms with Crippen molar-refractivity contribution in [2.45, 2.75) is 6.10 Å². The molecule has 0 saturated heterocycles. The predicted octanol–water partition coefficient (Wildman–Crippen LogP) is -0.465. The second-order valence-corrected chi connectivity index (χ2v) is 1.44. The smallest absolute Gasteiger partial charge is 0.434 e. The van der Waals surface area contributed by atoms with Gasteiger partial charge in [0.25, 0.3) is 0 Å². The molecule has 0 saturated carbocycles. The van der Waals surface area contributed by atoms with E-state index < -0.39 is 6.09 Å². The topological polar surface area (TPSA) is 64.7 Å². The number of cyclic esters (lactones) is 1. The zero-order chi connectivity index (χ0) is 5.98. The number of amides is 1. The van der Waals surface area contributed by atoms with Gasteiger partial charge < -0.3 is 10.5 Å². The summed E-state index contributed by atoms with van der Waals surface area (Å²) < 4.78 is 4.52. The molecule has 1 rings (SSSR count). The van der Waals surface area contributed by atoms with E-state index in [2.05, 4.69) is 9.73 Å². The number of aliphatic imine (C=N–C) groups is 1. The van der Waals surface area contributed by atoms with Gasteiger partial charge in [0.05, 0.1) is 6.21 Å². The number of nitrogens with zero attached hydrogens (tertiary/aromatic N) is 1. The molecular weight excluding hydrogens is 108 g/mol. The van der Waals surface area contributed by atoms with Crippen LogP contribution in [0.1, 0.15) is 0 Å². The molecule has 4 nitrogen and oxygen atoms in total. The lowest BCUT2D eigenvalue weighted by Gasteiger charge is -1.98. The van der Waals surface area contributed by atoms with Crippen molar-refractivity contribution >= 4 is 12.3 Å². The molecule has 0 aliphatic carbocycles. The van der Waals surface area contributed by atoms with Gasteiger partial charge in [0.1, 0.15) is 0 Å². The van der Waals surface area contributed by atoms with Gasteiger partial charge in [-0.15, -0.1) is 0 Å². The van der Waals surface area contributed by atoms with Crippen molar-refractivity contribution in [3.05, 3.63) is 0 Å². The highest BCUT2D eigenvalue weighted by atomic mass is 16.6. The Hall–Kier alpha value is -0.900. The van der Waals surface area contributed by atoms with Crippen LogP contribution in [-0.4, -0.2) is 25.0 Å². The SMILES string of the molecule is NCC1C=NC(=O)O1. The highest BCUT2D eigenvalue weighted by molar-refractivity contribution is 5.87. The van der Waals surface area contributed by atoms with Gasteiger partial charge in [0, 0.05) is 6.54 Å². The predicted molar refractivity (Wildman–Crippen MR) is 27.8 cm³/mol. The first-order valence-electron chi connectivity index (χ1n) is 2.28. The third-order valence-corrected chi connectivity index (χ3v) is 0.831. The maximum absolute atomic E-state index is 10.1. The molecular formula is C4H6N2O2. The van der Waals surface area contributed by atoms with E-state index in [0.29, 0.717) is 6.54 Å². The Kier molecular flexibility index (Phi) is 1.26. The molecule has 1 amide bonds. The van der Waals surface area contributed by atoms with E-state index in [9.17, 15) is 4.79 Å². The molecule has 0 fully saturated rings. The van der Waals surface area contributed by atoms with Crippen LogP contribution >= 0.6 is 0 Å². The number of carbonyl (C=O) groups excluding carboxylic acids is 1. The van der Waals surface area contributed by atoms with Crippen molar-refractivity contribution in [2.24, 2.45) is 10.7 Å². The first kappa shape index (κ1) is 5.24. The number of carbonyl (C=O) groups is 1. The highest BCUT2D eigenvalue weighted by Crippen LogP contribution is 1.97. The zero-order valence-electron chi connectivity index (χ0n) is 4.20. The number of hydrogen-bond acceptors (Lipinski definition) is 3. The van der Waals surface area contributed by atoms with Gasteiger partial charge in [0.2, 0.25) is 0 Å². The van der Waals surface area contributed by atoms with Crippen molar-refractivity contribution in [1.29, 1.82) is 0 Å². The Balaban J connectivity index is 2.46. The van der Waals surface area contributed by atoms with Crippen LogP contribution < -0.4 is 5.73 Å². The number of hydrogen-bond donors (Lipinski definition) is 1. The van der Waals surface area contributed by atoms with E-state index >= 15 is 0 Å². The molecule has 0 aromatic heterocycles. The summed E-state index contributed by atoms with van der Waals surface area (Å²) in [6.07, 6.45) is 0.574. The summed E-state index contributed by atoms with van der Waals surface area (Å²) in [5, 5.41) is 0. The molecule has 1 atom stereocenters. The summed E-state index contributed by atoms with van der Waals surface area (Å²) >= 11 is 0. The van der Waals surface area contributed by atoms with Crippen LogP contribution in [0, 0.1) is 0 Å². The van der Waals surface area contributed by atoms with Gasteiger partial charge in [0.15, 0.2) is 6.10 Å². The maximum Gasteiger partial charge on any atom is 0.434 e. The third kappa shape index (κ3) is 0.840. The minimum atomic E-state index is -0.541. The lowest BCUT2D eigenvalue weighted by Crippen LogP contribution is -2.21. The van der Waals surface area contributed by atoms with Gasteiger partial charge in [-0.3, -0.25) is 0 Å². The average molecular weight is 114 g/mol. The monoisotopic (exact) mass is 114 g/mol. The molecule has 1 heterocycles. The molecule has 4 heteroatoms. The Bertz CT molecular complexity index is 132. The largest absolute Gasteiger partial charge is 0.437 e. The Morgan fingerprint density at radius 1 is 2.00 bits per heavy atom. The molecule has 0 aromatic carbocycles. The standard InChI is InChI=1S/C4H6N2O2/c5-1-3-2-6-4(7)8-3/h2-3H,1,5H2. The van der Waals surface area contributed by atoms with Crippen LogP contribution in [0.25, 0.3) is 0 Å². The van der Waals surface area contributed by atoms with E-state index in [4.69, 9.17) is 5.73 Å². The van der Waals surface area contributed by atoms with Crippen LogP contribution in [0.4, 0.5) is 4.79 Å². The van der Waals surface area contributed by atoms with Gasteiger partial charge in [-0.1, -0.05) is 0 Å². The molecule has 0 aromatic rings. The van der Waals surface area contributed by atoms with Crippen molar-refractivity contribution in [3.63, 3.8) is 0 Å². The first-order chi connectivity index (χ1) is 3.83. The van der Waals surface area contributed by atoms with Crippen molar-refractivity contribution in [1.82, 2.24) is 0 Å². The normalized spacial score (nSPS) is 26.1. The summed E-state index contributed by atoms with van der Waals surface area (Å²) in [7, 11) is 0. The summed E-state index contributed by atoms with van der Waals surface area (Å²) in [6, 6.07) is 0. The third-order valence-electron chi connectivity index (χ3n) is 0.831. The van der Waals surface area contributed by atoms with E-state index in [1.165, 1.54) is 6.21 Å². The molecule has 1 unspecified atom stereocenters. The van der Waals surface area contributed by atoms with Gasteiger partial charge in [-0.05, 0) is 0 Å². The summed E-state index contributed by atoms with van der Waals surface area (Å²) in [6.45, 7) is 0.315. The van der Waals surface area contributed by atoms with Gasteiger partial charge in [-0.25, -0.2) is 4.79 Å². The van der Waals surface area contributed by atoms with Crippen LogP contribution in [0.3, 0.4) is 0 Å². The lowest BCUT2D eigenvalue weighted by atomic mass is 10.4.